The lowest BCUT2D eigenvalue weighted by molar-refractivity contribution is -0.119. The molecule has 0 spiro atoms. The lowest BCUT2D eigenvalue weighted by Gasteiger charge is -2.10. The van der Waals surface area contributed by atoms with E-state index in [1.807, 2.05) is 0 Å². The van der Waals surface area contributed by atoms with Crippen molar-refractivity contribution in [2.45, 2.75) is 19.8 Å². The van der Waals surface area contributed by atoms with Crippen LogP contribution in [0.4, 0.5) is 0 Å². The largest absolute Gasteiger partial charge is 0.496 e. The van der Waals surface area contributed by atoms with Gasteiger partial charge in [-0.05, 0) is 24.6 Å². The van der Waals surface area contributed by atoms with Crippen molar-refractivity contribution in [3.05, 3.63) is 35.5 Å². The second-order valence-electron chi connectivity index (χ2n) is 5.44. The van der Waals surface area contributed by atoms with Crippen molar-refractivity contribution < 1.29 is 22.1 Å². The van der Waals surface area contributed by atoms with Crippen LogP contribution in [0, 0.1) is 0 Å². The number of hydrogen-bond donors (Lipinski definition) is 1. The van der Waals surface area contributed by atoms with E-state index in [0.717, 1.165) is 0 Å². The molecule has 0 unspecified atom stereocenters. The van der Waals surface area contributed by atoms with Crippen molar-refractivity contribution in [2.24, 2.45) is 9.98 Å². The molecule has 2 aliphatic rings. The minimum Gasteiger partial charge on any atom is -0.496 e. The third-order valence-electron chi connectivity index (χ3n) is 3.52. The first-order valence-corrected chi connectivity index (χ1v) is 9.28. The average molecular weight is 363 g/mol. The molecule has 0 saturated heterocycles. The van der Waals surface area contributed by atoms with Crippen LogP contribution < -0.4 is 14.2 Å². The van der Waals surface area contributed by atoms with Gasteiger partial charge in [0.15, 0.2) is 11.7 Å². The Morgan fingerprint density at radius 2 is 2.08 bits per heavy atom. The number of rotatable bonds is 6. The van der Waals surface area contributed by atoms with Crippen LogP contribution in [-0.2, 0) is 14.9 Å². The Kier molecular flexibility index (Phi) is 4.58. The van der Waals surface area contributed by atoms with E-state index in [0.29, 0.717) is 35.1 Å². The minimum atomic E-state index is -3.63. The molecule has 9 heteroatoms. The second-order valence-corrected chi connectivity index (χ2v) is 7.13. The summed E-state index contributed by atoms with van der Waals surface area (Å²) in [5, 5.41) is 2.66. The minimum absolute atomic E-state index is 0.0642. The zero-order valence-corrected chi connectivity index (χ0v) is 14.6. The van der Waals surface area contributed by atoms with Gasteiger partial charge < -0.3 is 14.2 Å². The Balaban J connectivity index is 1.90. The highest BCUT2D eigenvalue weighted by Gasteiger charge is 2.25. The van der Waals surface area contributed by atoms with Gasteiger partial charge in [0.1, 0.15) is 17.2 Å². The van der Waals surface area contributed by atoms with Crippen molar-refractivity contribution in [1.82, 2.24) is 5.32 Å². The van der Waals surface area contributed by atoms with Crippen LogP contribution in [-0.4, -0.2) is 38.9 Å². The topological polar surface area (TPSA) is 106 Å². The molecule has 0 aromatic heterocycles. The molecule has 1 aromatic rings. The van der Waals surface area contributed by atoms with E-state index in [1.165, 1.54) is 19.2 Å². The maximum absolute atomic E-state index is 11.8. The van der Waals surface area contributed by atoms with Crippen LogP contribution in [0.25, 0.3) is 0 Å². The maximum Gasteiger partial charge on any atom is 0.309 e. The van der Waals surface area contributed by atoms with Gasteiger partial charge in [-0.15, -0.1) is 0 Å². The fourth-order valence-electron chi connectivity index (χ4n) is 2.43. The van der Waals surface area contributed by atoms with Crippen LogP contribution in [0.2, 0.25) is 0 Å². The normalized spacial score (nSPS) is 16.4. The summed E-state index contributed by atoms with van der Waals surface area (Å²) in [6, 6.07) is 4.61. The summed E-state index contributed by atoms with van der Waals surface area (Å²) in [4.78, 5) is 20.1. The van der Waals surface area contributed by atoms with E-state index in [2.05, 4.69) is 15.3 Å². The van der Waals surface area contributed by atoms with Gasteiger partial charge in [-0.3, -0.25) is 4.79 Å². The van der Waals surface area contributed by atoms with Gasteiger partial charge >= 0.3 is 10.1 Å². The van der Waals surface area contributed by atoms with Gasteiger partial charge in [0.05, 0.1) is 18.4 Å². The number of carbonyl (C=O) groups is 1. The molecule has 25 heavy (non-hydrogen) atoms. The number of ether oxygens (including phenoxy) is 1. The summed E-state index contributed by atoms with van der Waals surface area (Å²) in [5.74, 6) is 1.10. The summed E-state index contributed by atoms with van der Waals surface area (Å²) < 4.78 is 33.9. The fraction of sp³-hybridized carbons (Fsp3) is 0.312. The summed E-state index contributed by atoms with van der Waals surface area (Å²) in [6.45, 7) is 1.76. The number of fused-ring (bicyclic) bond motifs is 1. The SMILES string of the molecule is CCCS(=O)(=O)Oc1ccc(C2=NC3=CCC(=O)NC3=N2)c(OC)c1. The number of amides is 1. The molecule has 0 atom stereocenters. The van der Waals surface area contributed by atoms with Gasteiger partial charge in [0.25, 0.3) is 0 Å². The number of benzene rings is 1. The highest BCUT2D eigenvalue weighted by atomic mass is 32.2. The summed E-state index contributed by atoms with van der Waals surface area (Å²) in [6.07, 6.45) is 2.42. The molecule has 2 aliphatic heterocycles. The quantitative estimate of drug-likeness (QED) is 0.769. The van der Waals surface area contributed by atoms with Crippen LogP contribution in [0.1, 0.15) is 25.3 Å². The maximum atomic E-state index is 11.8. The zero-order valence-electron chi connectivity index (χ0n) is 13.8. The van der Waals surface area contributed by atoms with Crippen molar-refractivity contribution in [2.75, 3.05) is 12.9 Å². The number of carbonyl (C=O) groups excluding carboxylic acids is 1. The van der Waals surface area contributed by atoms with E-state index in [1.54, 1.807) is 19.1 Å². The van der Waals surface area contributed by atoms with Gasteiger partial charge in [-0.2, -0.15) is 8.42 Å². The van der Waals surface area contributed by atoms with Crippen molar-refractivity contribution in [3.63, 3.8) is 0 Å². The highest BCUT2D eigenvalue weighted by molar-refractivity contribution is 7.87. The van der Waals surface area contributed by atoms with Crippen LogP contribution >= 0.6 is 0 Å². The number of nitrogens with zero attached hydrogens (tertiary/aromatic N) is 2. The first-order chi connectivity index (χ1) is 11.9. The van der Waals surface area contributed by atoms with Gasteiger partial charge in [0, 0.05) is 12.5 Å². The Bertz CT molecular complexity index is 916. The Labute approximate surface area is 145 Å². The van der Waals surface area contributed by atoms with E-state index in [4.69, 9.17) is 8.92 Å². The monoisotopic (exact) mass is 363 g/mol. The Morgan fingerprint density at radius 3 is 2.80 bits per heavy atom. The van der Waals surface area contributed by atoms with E-state index >= 15 is 0 Å². The number of methoxy groups -OCH3 is 1. The predicted molar refractivity (Wildman–Crippen MR) is 92.5 cm³/mol. The zero-order chi connectivity index (χ0) is 18.0. The molecule has 1 N–H and O–H groups in total. The van der Waals surface area contributed by atoms with E-state index < -0.39 is 10.1 Å². The molecule has 0 bridgehead atoms. The second kappa shape index (κ2) is 6.67. The number of aliphatic imine (C=N–C) groups is 2. The number of nitrogens with one attached hydrogen (secondary N) is 1. The molecular formula is C16H17N3O5S. The molecule has 1 amide bonds. The summed E-state index contributed by atoms with van der Waals surface area (Å²) in [7, 11) is -2.18. The third kappa shape index (κ3) is 3.71. The first-order valence-electron chi connectivity index (χ1n) is 7.70. The predicted octanol–water partition coefficient (Wildman–Crippen LogP) is 1.38. The molecule has 132 valence electrons. The molecular weight excluding hydrogens is 346 g/mol. The standard InChI is InChI=1S/C16H17N3O5S/c1-3-8-25(21,22)24-10-4-5-11(13(9-10)23-2)15-17-12-6-7-14(20)18-16(12)19-15/h4-6,9H,3,7-8H2,1-2H3,(H,17,18,19,20). The molecule has 2 heterocycles. The Morgan fingerprint density at radius 1 is 1.28 bits per heavy atom. The number of hydrogen-bond acceptors (Lipinski definition) is 7. The molecule has 0 radical (unpaired) electrons. The molecule has 0 aliphatic carbocycles. The van der Waals surface area contributed by atoms with Gasteiger partial charge in [-0.1, -0.05) is 6.92 Å². The van der Waals surface area contributed by atoms with Crippen molar-refractivity contribution in [1.29, 1.82) is 0 Å². The fourth-order valence-corrected chi connectivity index (χ4v) is 3.41. The van der Waals surface area contributed by atoms with Gasteiger partial charge in [0.2, 0.25) is 5.91 Å². The highest BCUT2D eigenvalue weighted by Crippen LogP contribution is 2.29. The first kappa shape index (κ1) is 17.2. The lowest BCUT2D eigenvalue weighted by Crippen LogP contribution is -2.33. The number of amidine groups is 2. The van der Waals surface area contributed by atoms with E-state index in [-0.39, 0.29) is 23.8 Å². The smallest absolute Gasteiger partial charge is 0.309 e. The summed E-state index contributed by atoms with van der Waals surface area (Å²) in [5.41, 5.74) is 1.17. The van der Waals surface area contributed by atoms with Gasteiger partial charge in [-0.25, -0.2) is 9.98 Å². The van der Waals surface area contributed by atoms with Crippen LogP contribution in [0.15, 0.2) is 40.0 Å². The summed E-state index contributed by atoms with van der Waals surface area (Å²) >= 11 is 0. The van der Waals surface area contributed by atoms with Crippen LogP contribution in [0.5, 0.6) is 11.5 Å². The Hall–Kier alpha value is -2.68. The molecule has 8 nitrogen and oxygen atoms in total. The van der Waals surface area contributed by atoms with Crippen LogP contribution in [0.3, 0.4) is 0 Å². The molecule has 3 rings (SSSR count). The molecule has 0 fully saturated rings. The lowest BCUT2D eigenvalue weighted by atomic mass is 10.2. The average Bonchev–Trinajstić information content (AvgIpc) is 2.96. The third-order valence-corrected chi connectivity index (χ3v) is 4.87. The van der Waals surface area contributed by atoms with Crippen molar-refractivity contribution >= 4 is 27.7 Å². The molecule has 1 aromatic carbocycles. The molecule has 0 saturated carbocycles. The van der Waals surface area contributed by atoms with E-state index in [9.17, 15) is 13.2 Å². The van der Waals surface area contributed by atoms with Crippen molar-refractivity contribution in [3.8, 4) is 11.5 Å².